The first kappa shape index (κ1) is 25.2. The second-order valence-electron chi connectivity index (χ2n) is 9.51. The van der Waals surface area contributed by atoms with Crippen LogP contribution in [0.5, 0.6) is 0 Å². The van der Waals surface area contributed by atoms with E-state index in [1.54, 1.807) is 18.7 Å². The maximum absolute atomic E-state index is 12.4. The van der Waals surface area contributed by atoms with Gasteiger partial charge in [-0.2, -0.15) is 0 Å². The molecule has 2 N–H and O–H groups in total. The maximum Gasteiger partial charge on any atom is 0.330 e. The van der Waals surface area contributed by atoms with Crippen molar-refractivity contribution in [2.24, 2.45) is 0 Å². The van der Waals surface area contributed by atoms with Crippen molar-refractivity contribution in [3.8, 4) is 0 Å². The molecule has 3 aromatic carbocycles. The van der Waals surface area contributed by atoms with Crippen molar-refractivity contribution in [1.82, 2.24) is 9.55 Å². The fourth-order valence-corrected chi connectivity index (χ4v) is 6.57. The van der Waals surface area contributed by atoms with E-state index in [1.165, 1.54) is 10.8 Å². The summed E-state index contributed by atoms with van der Waals surface area (Å²) in [5, 5.41) is 11.5. The molecule has 38 heavy (non-hydrogen) atoms. The van der Waals surface area contributed by atoms with Gasteiger partial charge in [0, 0.05) is 44.1 Å². The number of fused-ring (bicyclic) bond motifs is 2. The lowest BCUT2D eigenvalue weighted by Gasteiger charge is -2.41. The van der Waals surface area contributed by atoms with Crippen molar-refractivity contribution in [2.45, 2.75) is 47.2 Å². The highest BCUT2D eigenvalue weighted by atomic mass is 35.5. The van der Waals surface area contributed by atoms with Crippen molar-refractivity contribution in [1.29, 1.82) is 0 Å². The number of aliphatic hydroxyl groups is 1. The minimum atomic E-state index is -1.00. The normalized spacial score (nSPS) is 24.1. The molecule has 0 saturated carbocycles. The summed E-state index contributed by atoms with van der Waals surface area (Å²) in [6, 6.07) is 23.9. The van der Waals surface area contributed by atoms with Gasteiger partial charge in [-0.05, 0) is 36.8 Å². The fraction of sp³-hybridized carbons (Fsp3) is 0.241. The third kappa shape index (κ3) is 4.22. The molecule has 0 amide bonds. The number of benzene rings is 3. The number of H-pyrrole nitrogens is 1. The van der Waals surface area contributed by atoms with Crippen LogP contribution in [0.15, 0.2) is 98.4 Å². The van der Waals surface area contributed by atoms with Crippen LogP contribution in [0.4, 0.5) is 0 Å². The zero-order valence-corrected chi connectivity index (χ0v) is 22.0. The lowest BCUT2D eigenvalue weighted by Crippen LogP contribution is -2.40. The third-order valence-corrected chi connectivity index (χ3v) is 8.50. The lowest BCUT2D eigenvalue weighted by molar-refractivity contribution is -0.0958. The van der Waals surface area contributed by atoms with Gasteiger partial charge in [0.15, 0.2) is 0 Å². The summed E-state index contributed by atoms with van der Waals surface area (Å²) in [5.74, 6) is 0. The number of halogens is 1. The van der Waals surface area contributed by atoms with E-state index in [4.69, 9.17) is 21.1 Å². The van der Waals surface area contributed by atoms with Crippen LogP contribution in [0.25, 0.3) is 0 Å². The predicted octanol–water partition coefficient (Wildman–Crippen LogP) is 4.62. The average Bonchev–Trinajstić information content (AvgIpc) is 3.29. The minimum Gasteiger partial charge on any atom is -0.390 e. The van der Waals surface area contributed by atoms with E-state index in [2.05, 4.69) is 17.1 Å². The summed E-state index contributed by atoms with van der Waals surface area (Å²) in [6.45, 7) is 1.67. The number of nitrogens with one attached hydrogen (secondary N) is 1. The van der Waals surface area contributed by atoms with Crippen LogP contribution in [0.1, 0.15) is 34.9 Å². The van der Waals surface area contributed by atoms with Crippen LogP contribution in [0, 0.1) is 6.92 Å². The van der Waals surface area contributed by atoms with Crippen LogP contribution >= 0.6 is 23.4 Å². The molecule has 4 atom stereocenters. The van der Waals surface area contributed by atoms with Gasteiger partial charge in [0.1, 0.15) is 17.9 Å². The molecule has 2 aliphatic rings. The van der Waals surface area contributed by atoms with Gasteiger partial charge >= 0.3 is 5.69 Å². The van der Waals surface area contributed by atoms with Gasteiger partial charge in [-0.15, -0.1) is 0 Å². The molecule has 3 heterocycles. The Kier molecular flexibility index (Phi) is 6.53. The lowest BCUT2D eigenvalue weighted by atomic mass is 9.79. The Balaban J connectivity index is 1.40. The van der Waals surface area contributed by atoms with Gasteiger partial charge in [0.25, 0.3) is 5.56 Å². The Hall–Kier alpha value is -3.14. The first-order valence-corrected chi connectivity index (χ1v) is 13.5. The van der Waals surface area contributed by atoms with E-state index in [1.807, 2.05) is 60.7 Å². The number of aromatic nitrogens is 2. The predicted molar refractivity (Wildman–Crippen MR) is 145 cm³/mol. The van der Waals surface area contributed by atoms with E-state index >= 15 is 0 Å². The Bertz CT molecular complexity index is 1620. The quantitative estimate of drug-likeness (QED) is 0.378. The Morgan fingerprint density at radius 1 is 1.08 bits per heavy atom. The molecule has 1 aromatic heterocycles. The van der Waals surface area contributed by atoms with Crippen molar-refractivity contribution >= 4 is 23.4 Å². The molecule has 1 unspecified atom stereocenters. The van der Waals surface area contributed by atoms with Crippen molar-refractivity contribution in [3.05, 3.63) is 127 Å². The molecule has 2 aliphatic heterocycles. The Morgan fingerprint density at radius 3 is 2.63 bits per heavy atom. The summed E-state index contributed by atoms with van der Waals surface area (Å²) < 4.78 is 14.3. The molecule has 0 bridgehead atoms. The highest BCUT2D eigenvalue weighted by Crippen LogP contribution is 2.53. The third-order valence-electron chi connectivity index (χ3n) is 7.11. The van der Waals surface area contributed by atoms with Crippen LogP contribution in [0.2, 0.25) is 5.02 Å². The van der Waals surface area contributed by atoms with Crippen LogP contribution < -0.4 is 11.2 Å². The summed E-state index contributed by atoms with van der Waals surface area (Å²) in [5.41, 5.74) is 1.17. The molecule has 1 saturated heterocycles. The van der Waals surface area contributed by atoms with Crippen LogP contribution in [-0.4, -0.2) is 33.5 Å². The molecular formula is C29H25ClN2O5S. The Morgan fingerprint density at radius 2 is 1.82 bits per heavy atom. The van der Waals surface area contributed by atoms with Crippen LogP contribution in [-0.2, 0) is 15.1 Å². The molecule has 0 spiro atoms. The first-order valence-electron chi connectivity index (χ1n) is 12.3. The molecule has 6 rings (SSSR count). The van der Waals surface area contributed by atoms with Crippen molar-refractivity contribution in [2.75, 3.05) is 6.61 Å². The minimum absolute atomic E-state index is 0.0502. The largest absolute Gasteiger partial charge is 0.390 e. The molecule has 7 nitrogen and oxygen atoms in total. The molecule has 194 valence electrons. The van der Waals surface area contributed by atoms with Gasteiger partial charge in [-0.3, -0.25) is 14.3 Å². The second-order valence-corrected chi connectivity index (χ2v) is 11.0. The number of nitrogens with zero attached hydrogens (tertiary/aromatic N) is 1. The van der Waals surface area contributed by atoms with Gasteiger partial charge in [-0.1, -0.05) is 71.9 Å². The van der Waals surface area contributed by atoms with E-state index < -0.39 is 35.3 Å². The summed E-state index contributed by atoms with van der Waals surface area (Å²) >= 11 is 8.17. The number of hydrogen-bond donors (Lipinski definition) is 2. The SMILES string of the molecule is Cc1cn([C@H]2C[C@H](O)[C@@H](COC3(c4ccccc4)c4ccccc4Sc4ccc(Cl)cc43)O2)c(=O)[nH]c1=O. The zero-order valence-electron chi connectivity index (χ0n) is 20.5. The van der Waals surface area contributed by atoms with Crippen molar-refractivity contribution in [3.63, 3.8) is 0 Å². The first-order chi connectivity index (χ1) is 18.4. The number of rotatable bonds is 5. The van der Waals surface area contributed by atoms with Gasteiger partial charge in [0.05, 0.1) is 12.7 Å². The van der Waals surface area contributed by atoms with Gasteiger partial charge < -0.3 is 14.6 Å². The molecular weight excluding hydrogens is 524 g/mol. The van der Waals surface area contributed by atoms with Gasteiger partial charge in [-0.25, -0.2) is 4.79 Å². The van der Waals surface area contributed by atoms with Crippen LogP contribution in [0.3, 0.4) is 0 Å². The standard InChI is InChI=1S/C29H25ClN2O5S/c1-17-15-32(28(35)31-27(17)34)26-14-22(33)23(37-26)16-36-29(18-7-3-2-4-8-18)20-9-5-6-10-24(20)38-25-12-11-19(30)13-21(25)29/h2-13,15,22-23,26,33H,14,16H2,1H3,(H,31,34,35)/t22-,23+,26+,29?/m0/s1. The average molecular weight is 549 g/mol. The maximum atomic E-state index is 12.4. The van der Waals surface area contributed by atoms with E-state index in [0.717, 1.165) is 26.5 Å². The number of ether oxygens (including phenoxy) is 2. The van der Waals surface area contributed by atoms with E-state index in [0.29, 0.717) is 10.6 Å². The molecule has 9 heteroatoms. The zero-order chi connectivity index (χ0) is 26.4. The number of aryl methyl sites for hydroxylation is 1. The highest BCUT2D eigenvalue weighted by Gasteiger charge is 2.46. The Labute approximate surface area is 228 Å². The summed E-state index contributed by atoms with van der Waals surface area (Å²) in [7, 11) is 0. The second kappa shape index (κ2) is 9.87. The number of aromatic amines is 1. The van der Waals surface area contributed by atoms with E-state index in [-0.39, 0.29) is 13.0 Å². The monoisotopic (exact) mass is 548 g/mol. The smallest absolute Gasteiger partial charge is 0.330 e. The number of aliphatic hydroxyl groups excluding tert-OH is 1. The summed E-state index contributed by atoms with van der Waals surface area (Å²) in [6.07, 6.45) is -0.666. The van der Waals surface area contributed by atoms with Gasteiger partial charge in [0.2, 0.25) is 0 Å². The molecule has 0 aliphatic carbocycles. The van der Waals surface area contributed by atoms with Crippen molar-refractivity contribution < 1.29 is 14.6 Å². The summed E-state index contributed by atoms with van der Waals surface area (Å²) in [4.78, 5) is 28.6. The molecule has 1 fully saturated rings. The highest BCUT2D eigenvalue weighted by molar-refractivity contribution is 7.99. The number of hydrogen-bond acceptors (Lipinski definition) is 6. The molecule has 4 aromatic rings. The molecule has 0 radical (unpaired) electrons. The fourth-order valence-electron chi connectivity index (χ4n) is 5.24. The topological polar surface area (TPSA) is 93.6 Å². The van der Waals surface area contributed by atoms with E-state index in [9.17, 15) is 14.7 Å².